The summed E-state index contributed by atoms with van der Waals surface area (Å²) < 4.78 is -0.872. The lowest BCUT2D eigenvalue weighted by molar-refractivity contribution is 0.499. The summed E-state index contributed by atoms with van der Waals surface area (Å²) in [5.74, 6) is 0. The zero-order valence-electron chi connectivity index (χ0n) is 6.55. The van der Waals surface area contributed by atoms with E-state index in [1.165, 1.54) is 0 Å². The average molecular weight is 379 g/mol. The highest BCUT2D eigenvalue weighted by Gasteiger charge is 2.83. The van der Waals surface area contributed by atoms with Crippen molar-refractivity contribution in [2.24, 2.45) is 0 Å². The molecular formula is C4H10S10. The summed E-state index contributed by atoms with van der Waals surface area (Å²) in [6, 6.07) is 0. The molecule has 1 aliphatic heterocycles. The van der Waals surface area contributed by atoms with Crippen molar-refractivity contribution < 1.29 is 0 Å². The second-order valence-electron chi connectivity index (χ2n) is 3.43. The van der Waals surface area contributed by atoms with Gasteiger partial charge in [0.1, 0.15) is 0 Å². The Morgan fingerprint density at radius 2 is 1.07 bits per heavy atom. The molecule has 0 N–H and O–H groups in total. The van der Waals surface area contributed by atoms with E-state index in [0.29, 0.717) is 0 Å². The predicted molar refractivity (Wildman–Crippen MR) is 99.2 cm³/mol. The van der Waals surface area contributed by atoms with Crippen LogP contribution >= 0.6 is 73.8 Å². The molecule has 1 saturated heterocycles. The maximum atomic E-state index is 5.51. The van der Waals surface area contributed by atoms with Gasteiger partial charge in [0.2, 0.25) is 0 Å². The summed E-state index contributed by atoms with van der Waals surface area (Å²) in [4.78, 5) is 0. The Labute approximate surface area is 126 Å². The predicted octanol–water partition coefficient (Wildman–Crippen LogP) is 1.16. The Morgan fingerprint density at radius 3 is 1.29 bits per heavy atom. The first-order chi connectivity index (χ1) is 6.07. The fourth-order valence-electron chi connectivity index (χ4n) is 1.92. The van der Waals surface area contributed by atoms with E-state index >= 15 is 0 Å². The zero-order chi connectivity index (χ0) is 11.2. The normalized spacial score (nSPS) is 62.7. The van der Waals surface area contributed by atoms with Crippen molar-refractivity contribution in [3.05, 3.63) is 0 Å². The second-order valence-corrected chi connectivity index (χ2v) is 25.9. The Balaban J connectivity index is 2.63. The number of hydrogen-bond donors (Lipinski definition) is 8. The molecular weight excluding hydrogens is 369 g/mol. The van der Waals surface area contributed by atoms with Crippen LogP contribution in [0.15, 0.2) is 0 Å². The van der Waals surface area contributed by atoms with Gasteiger partial charge in [-0.1, -0.05) is 22.4 Å². The number of rotatable bonds is 0. The number of thiol groups is 8. The third-order valence-corrected chi connectivity index (χ3v) is 36.9. The lowest BCUT2D eigenvalue weighted by Crippen LogP contribution is -2.89. The van der Waals surface area contributed by atoms with Crippen molar-refractivity contribution >= 4 is 110 Å². The molecule has 2 aliphatic rings. The van der Waals surface area contributed by atoms with Crippen molar-refractivity contribution in [1.82, 2.24) is 0 Å². The molecule has 0 bridgehead atoms. The first-order valence-corrected chi connectivity index (χ1v) is 14.1. The highest BCUT2D eigenvalue weighted by Crippen LogP contribution is 2.80. The second kappa shape index (κ2) is 3.41. The molecule has 10 heteroatoms. The van der Waals surface area contributed by atoms with Crippen LogP contribution in [-0.2, 0) is 35.7 Å². The third kappa shape index (κ3) is 1.01. The molecule has 0 spiro atoms. The summed E-state index contributed by atoms with van der Waals surface area (Å²) in [5.41, 5.74) is 0. The third-order valence-electron chi connectivity index (χ3n) is 2.92. The van der Waals surface area contributed by atoms with E-state index in [2.05, 4.69) is 73.8 Å². The molecule has 1 saturated carbocycles. The Hall–Kier alpha value is 3.24. The maximum Gasteiger partial charge on any atom is 0.0977 e. The lowest BCUT2D eigenvalue weighted by atomic mass is 9.94. The monoisotopic (exact) mass is 378 g/mol. The molecule has 86 valence electrons. The molecule has 0 unspecified atom stereocenters. The van der Waals surface area contributed by atoms with Gasteiger partial charge in [-0.05, 0) is 0 Å². The fourth-order valence-corrected chi connectivity index (χ4v) is 30.2. The van der Waals surface area contributed by atoms with Gasteiger partial charge in [-0.2, -0.15) is 50.5 Å². The van der Waals surface area contributed by atoms with Crippen LogP contribution in [0.4, 0.5) is 0 Å². The molecule has 0 aromatic carbocycles. The van der Waals surface area contributed by atoms with E-state index < -0.39 is 21.5 Å². The van der Waals surface area contributed by atoms with Gasteiger partial charge in [-0.15, -0.1) is 36.6 Å². The van der Waals surface area contributed by atoms with E-state index in [9.17, 15) is 0 Å². The number of hydrogen-bond acceptors (Lipinski definition) is 6. The average Bonchev–Trinajstić information content (AvgIpc) is 2.11. The van der Waals surface area contributed by atoms with Crippen molar-refractivity contribution in [2.45, 2.75) is 18.7 Å². The smallest absolute Gasteiger partial charge is 0.0977 e. The molecule has 0 amide bonds. The van der Waals surface area contributed by atoms with Crippen molar-refractivity contribution in [3.8, 4) is 0 Å². The summed E-state index contributed by atoms with van der Waals surface area (Å²) in [6.45, 7) is -4.04. The van der Waals surface area contributed by atoms with Gasteiger partial charge in [-0.25, -0.2) is 0 Å². The standard InChI is InChI=1S/C4H10S10/c5-1-2(6)4(8)3(1,7)13(9,10)14(4,11)12/h1-2,5-8,13-14H,(H,9,10)(H,11,12)/t1-,2+,3-,4+. The van der Waals surface area contributed by atoms with Crippen LogP contribution in [0.1, 0.15) is 0 Å². The Bertz CT molecular complexity index is 361. The van der Waals surface area contributed by atoms with E-state index in [0.717, 1.165) is 0 Å². The minimum absolute atomic E-state index is 0.0122. The van der Waals surface area contributed by atoms with Crippen molar-refractivity contribution in [1.29, 1.82) is 0 Å². The highest BCUT2D eigenvalue weighted by molar-refractivity contribution is 9.38. The van der Waals surface area contributed by atoms with Crippen LogP contribution in [0.3, 0.4) is 0 Å². The van der Waals surface area contributed by atoms with Crippen LogP contribution in [0.2, 0.25) is 0 Å². The number of fused-ring (bicyclic) bond motifs is 1. The topological polar surface area (TPSA) is 0 Å². The summed E-state index contributed by atoms with van der Waals surface area (Å²) in [6.07, 6.45) is 0. The largest absolute Gasteiger partial charge is 0.172 e. The van der Waals surface area contributed by atoms with Crippen LogP contribution in [0, 0.1) is 0 Å². The van der Waals surface area contributed by atoms with E-state index in [-0.39, 0.29) is 10.5 Å². The van der Waals surface area contributed by atoms with Crippen LogP contribution in [0.5, 0.6) is 0 Å². The molecule has 0 nitrogen and oxygen atoms in total. The molecule has 0 radical (unpaired) electrons. The minimum Gasteiger partial charge on any atom is -0.172 e. The lowest BCUT2D eigenvalue weighted by Gasteiger charge is -2.82. The van der Waals surface area contributed by atoms with Gasteiger partial charge in [0.15, 0.2) is 0 Å². The summed E-state index contributed by atoms with van der Waals surface area (Å²) >= 11 is 38.3. The maximum absolute atomic E-state index is 5.51. The summed E-state index contributed by atoms with van der Waals surface area (Å²) in [5, 5.41) is 0.0245. The molecule has 4 atom stereocenters. The highest BCUT2D eigenvalue weighted by atomic mass is 33.9. The SMILES string of the molecule is S=[SH]1(S)[C@@]2(S)[C@@H](S)[C@@H](S)[C@@]2(S)[SH]1(=S)S. The zero-order valence-corrected chi connectivity index (χ0v) is 15.3. The van der Waals surface area contributed by atoms with Crippen LogP contribution in [-0.4, -0.2) is 18.7 Å². The molecule has 1 aliphatic carbocycles. The van der Waals surface area contributed by atoms with Gasteiger partial charge in [0.05, 0.1) is 8.16 Å². The van der Waals surface area contributed by atoms with Crippen molar-refractivity contribution in [2.75, 3.05) is 0 Å². The van der Waals surface area contributed by atoms with E-state index in [1.54, 1.807) is 0 Å². The molecule has 2 fully saturated rings. The van der Waals surface area contributed by atoms with E-state index in [1.807, 2.05) is 0 Å². The molecule has 2 rings (SSSR count). The summed E-state index contributed by atoms with van der Waals surface area (Å²) in [7, 11) is 0. The molecule has 0 aromatic rings. The minimum atomic E-state index is -2.02. The van der Waals surface area contributed by atoms with Crippen LogP contribution < -0.4 is 0 Å². The Kier molecular flexibility index (Phi) is 3.33. The molecule has 14 heavy (non-hydrogen) atoms. The van der Waals surface area contributed by atoms with Gasteiger partial charge in [0.25, 0.3) is 0 Å². The first-order valence-electron chi connectivity index (χ1n) is 3.54. The van der Waals surface area contributed by atoms with Gasteiger partial charge >= 0.3 is 0 Å². The van der Waals surface area contributed by atoms with Gasteiger partial charge in [0, 0.05) is 10.5 Å². The Morgan fingerprint density at radius 1 is 0.857 bits per heavy atom. The van der Waals surface area contributed by atoms with Gasteiger partial charge in [-0.3, -0.25) is 0 Å². The quantitative estimate of drug-likeness (QED) is 0.235. The van der Waals surface area contributed by atoms with Crippen LogP contribution in [0.25, 0.3) is 0 Å². The van der Waals surface area contributed by atoms with Gasteiger partial charge < -0.3 is 0 Å². The molecule has 0 aromatic heterocycles. The molecule has 1 heterocycles. The fraction of sp³-hybridized carbons (Fsp3) is 1.00. The first kappa shape index (κ1) is 13.7. The van der Waals surface area contributed by atoms with Crippen molar-refractivity contribution in [3.63, 3.8) is 0 Å². The van der Waals surface area contributed by atoms with E-state index in [4.69, 9.17) is 22.4 Å².